The van der Waals surface area contributed by atoms with Gasteiger partial charge in [0.1, 0.15) is 10.6 Å². The van der Waals surface area contributed by atoms with Crippen LogP contribution in [0.15, 0.2) is 27.9 Å². The summed E-state index contributed by atoms with van der Waals surface area (Å²) in [5, 5.41) is 2.73. The molecular formula is C14H15F3N2O4S. The first-order chi connectivity index (χ1) is 10.9. The van der Waals surface area contributed by atoms with Crippen LogP contribution in [0.4, 0.5) is 13.2 Å². The highest BCUT2D eigenvalue weighted by Gasteiger charge is 2.32. The monoisotopic (exact) mass is 364 g/mol. The predicted molar refractivity (Wildman–Crippen MR) is 80.1 cm³/mol. The minimum absolute atomic E-state index is 0.165. The average Bonchev–Trinajstić information content (AvgIpc) is 2.72. The van der Waals surface area contributed by atoms with Crippen molar-refractivity contribution in [3.63, 3.8) is 0 Å². The summed E-state index contributed by atoms with van der Waals surface area (Å²) in [6.07, 6.45) is -3.93. The van der Waals surface area contributed by atoms with Crippen molar-refractivity contribution >= 4 is 9.84 Å². The number of aromatic amines is 1. The Hall–Kier alpha value is -2.23. The number of aromatic nitrogens is 2. The van der Waals surface area contributed by atoms with Crippen molar-refractivity contribution in [2.45, 2.75) is 31.5 Å². The number of aryl methyl sites for hydroxylation is 2. The van der Waals surface area contributed by atoms with Gasteiger partial charge < -0.3 is 4.74 Å². The van der Waals surface area contributed by atoms with E-state index in [1.807, 2.05) is 0 Å². The molecule has 1 N–H and O–H groups in total. The van der Waals surface area contributed by atoms with Crippen LogP contribution in [0.25, 0.3) is 0 Å². The van der Waals surface area contributed by atoms with Crippen LogP contribution in [-0.4, -0.2) is 24.5 Å². The molecule has 0 saturated heterocycles. The molecule has 0 fully saturated rings. The van der Waals surface area contributed by atoms with E-state index in [1.54, 1.807) is 6.92 Å². The van der Waals surface area contributed by atoms with E-state index in [0.717, 1.165) is 12.3 Å². The summed E-state index contributed by atoms with van der Waals surface area (Å²) >= 11 is 0. The van der Waals surface area contributed by atoms with Gasteiger partial charge in [-0.3, -0.25) is 14.6 Å². The molecule has 0 spiro atoms. The predicted octanol–water partition coefficient (Wildman–Crippen LogP) is 2.72. The van der Waals surface area contributed by atoms with E-state index >= 15 is 0 Å². The average molecular weight is 364 g/mol. The zero-order valence-corrected chi connectivity index (χ0v) is 13.9. The zero-order valence-electron chi connectivity index (χ0n) is 13.1. The van der Waals surface area contributed by atoms with Crippen molar-refractivity contribution in [1.29, 1.82) is 0 Å². The Morgan fingerprint density at radius 1 is 1.29 bits per heavy atom. The highest BCUT2D eigenvalue weighted by molar-refractivity contribution is 7.90. The van der Waals surface area contributed by atoms with Crippen molar-refractivity contribution in [3.8, 4) is 11.5 Å². The minimum Gasteiger partial charge on any atom is -0.448 e. The molecule has 0 aliphatic carbocycles. The third kappa shape index (κ3) is 3.48. The maximum atomic E-state index is 12.8. The van der Waals surface area contributed by atoms with Gasteiger partial charge in [0, 0.05) is 12.8 Å². The molecule has 0 saturated carbocycles. The molecule has 0 bridgehead atoms. The van der Waals surface area contributed by atoms with E-state index in [9.17, 15) is 26.4 Å². The lowest BCUT2D eigenvalue weighted by atomic mass is 10.2. The number of rotatable bonds is 4. The molecule has 1 heterocycles. The van der Waals surface area contributed by atoms with Crippen molar-refractivity contribution < 1.29 is 26.3 Å². The van der Waals surface area contributed by atoms with Gasteiger partial charge in [-0.05, 0) is 32.0 Å². The first-order valence-corrected chi connectivity index (χ1v) is 8.73. The van der Waals surface area contributed by atoms with Gasteiger partial charge in [0.15, 0.2) is 9.84 Å². The number of ether oxygens (including phenoxy) is 1. The standard InChI is InChI=1S/C14H15F3N2O4S/c1-4-19-13(20)12(8(2)18-19)23-10-6-5-9(14(15,16)17)7-11(10)24(3,21)22/h5-7,18H,4H2,1-3H3. The number of H-pyrrole nitrogens is 1. The summed E-state index contributed by atoms with van der Waals surface area (Å²) in [5.41, 5.74) is -1.32. The Labute approximate surface area is 135 Å². The number of nitrogens with one attached hydrogen (secondary N) is 1. The van der Waals surface area contributed by atoms with Gasteiger partial charge in [-0.1, -0.05) is 0 Å². The molecule has 0 atom stereocenters. The van der Waals surface area contributed by atoms with Gasteiger partial charge in [-0.25, -0.2) is 8.42 Å². The fraction of sp³-hybridized carbons (Fsp3) is 0.357. The van der Waals surface area contributed by atoms with E-state index in [0.29, 0.717) is 24.4 Å². The number of benzene rings is 1. The summed E-state index contributed by atoms with van der Waals surface area (Å²) in [5.74, 6) is -0.505. The summed E-state index contributed by atoms with van der Waals surface area (Å²) in [6.45, 7) is 3.57. The zero-order chi connectivity index (χ0) is 18.3. The minimum atomic E-state index is -4.70. The van der Waals surface area contributed by atoms with Gasteiger partial charge >= 0.3 is 11.7 Å². The topological polar surface area (TPSA) is 81.2 Å². The molecule has 24 heavy (non-hydrogen) atoms. The van der Waals surface area contributed by atoms with E-state index in [2.05, 4.69) is 5.10 Å². The summed E-state index contributed by atoms with van der Waals surface area (Å²) < 4.78 is 68.6. The number of sulfone groups is 1. The van der Waals surface area contributed by atoms with Gasteiger partial charge in [0.2, 0.25) is 5.75 Å². The lowest BCUT2D eigenvalue weighted by Crippen LogP contribution is -2.16. The maximum Gasteiger partial charge on any atom is 0.416 e. The Morgan fingerprint density at radius 3 is 2.38 bits per heavy atom. The molecule has 0 aliphatic heterocycles. The smallest absolute Gasteiger partial charge is 0.416 e. The van der Waals surface area contributed by atoms with Gasteiger partial charge in [-0.2, -0.15) is 13.2 Å². The maximum absolute atomic E-state index is 12.8. The number of halogens is 3. The van der Waals surface area contributed by atoms with Crippen LogP contribution in [0.2, 0.25) is 0 Å². The fourth-order valence-electron chi connectivity index (χ4n) is 2.10. The van der Waals surface area contributed by atoms with Crippen LogP contribution in [0, 0.1) is 6.92 Å². The first-order valence-electron chi connectivity index (χ1n) is 6.83. The van der Waals surface area contributed by atoms with Gasteiger partial charge in [-0.15, -0.1) is 0 Å². The van der Waals surface area contributed by atoms with Crippen molar-refractivity contribution in [3.05, 3.63) is 39.8 Å². The fourth-order valence-corrected chi connectivity index (χ4v) is 2.91. The Morgan fingerprint density at radius 2 is 1.92 bits per heavy atom. The summed E-state index contributed by atoms with van der Waals surface area (Å²) in [4.78, 5) is 11.5. The van der Waals surface area contributed by atoms with E-state index < -0.39 is 32.0 Å². The molecule has 6 nitrogen and oxygen atoms in total. The number of alkyl halides is 3. The normalized spacial score (nSPS) is 12.4. The molecule has 1 aromatic heterocycles. The van der Waals surface area contributed by atoms with Crippen molar-refractivity contribution in [2.24, 2.45) is 0 Å². The van der Waals surface area contributed by atoms with E-state index in [4.69, 9.17) is 4.74 Å². The first kappa shape index (κ1) is 18.1. The second-order valence-electron chi connectivity index (χ2n) is 5.15. The largest absolute Gasteiger partial charge is 0.448 e. The molecule has 2 rings (SSSR count). The number of hydrogen-bond acceptors (Lipinski definition) is 4. The third-order valence-electron chi connectivity index (χ3n) is 3.28. The molecule has 0 amide bonds. The third-order valence-corrected chi connectivity index (χ3v) is 4.40. The molecule has 10 heteroatoms. The molecule has 0 unspecified atom stereocenters. The number of hydrogen-bond donors (Lipinski definition) is 1. The second-order valence-corrected chi connectivity index (χ2v) is 7.13. The van der Waals surface area contributed by atoms with Gasteiger partial charge in [0.05, 0.1) is 11.3 Å². The molecule has 1 aromatic carbocycles. The van der Waals surface area contributed by atoms with Crippen LogP contribution in [-0.2, 0) is 22.6 Å². The van der Waals surface area contributed by atoms with Gasteiger partial charge in [0.25, 0.3) is 0 Å². The SMILES string of the molecule is CCn1[nH]c(C)c(Oc2ccc(C(F)(F)F)cc2S(C)(=O)=O)c1=O. The van der Waals surface area contributed by atoms with E-state index in [1.165, 1.54) is 11.6 Å². The Balaban J connectivity index is 2.60. The summed E-state index contributed by atoms with van der Waals surface area (Å²) in [7, 11) is -4.00. The summed E-state index contributed by atoms with van der Waals surface area (Å²) in [6, 6.07) is 2.08. The molecule has 0 radical (unpaired) electrons. The van der Waals surface area contributed by atoms with Crippen LogP contribution >= 0.6 is 0 Å². The second kappa shape index (κ2) is 6.00. The molecular weight excluding hydrogens is 349 g/mol. The Bertz CT molecular complexity index is 926. The van der Waals surface area contributed by atoms with Crippen LogP contribution in [0.3, 0.4) is 0 Å². The number of nitrogens with zero attached hydrogens (tertiary/aromatic N) is 1. The lowest BCUT2D eigenvalue weighted by Gasteiger charge is -2.12. The van der Waals surface area contributed by atoms with Crippen LogP contribution in [0.5, 0.6) is 11.5 Å². The van der Waals surface area contributed by atoms with Crippen LogP contribution in [0.1, 0.15) is 18.2 Å². The Kier molecular flexibility index (Phi) is 4.53. The molecule has 132 valence electrons. The van der Waals surface area contributed by atoms with E-state index in [-0.39, 0.29) is 11.5 Å². The molecule has 2 aromatic rings. The highest BCUT2D eigenvalue weighted by Crippen LogP contribution is 2.36. The lowest BCUT2D eigenvalue weighted by molar-refractivity contribution is -0.137. The van der Waals surface area contributed by atoms with Crippen LogP contribution < -0.4 is 10.3 Å². The highest BCUT2D eigenvalue weighted by atomic mass is 32.2. The van der Waals surface area contributed by atoms with Crippen molar-refractivity contribution in [2.75, 3.05) is 6.26 Å². The molecule has 0 aliphatic rings. The quantitative estimate of drug-likeness (QED) is 0.904. The van der Waals surface area contributed by atoms with Crippen molar-refractivity contribution in [1.82, 2.24) is 9.78 Å².